The minimum absolute atomic E-state index is 0.0133. The fraction of sp³-hybridized carbons (Fsp3) is 0.545. The van der Waals surface area contributed by atoms with E-state index in [1.54, 1.807) is 0 Å². The van der Waals surface area contributed by atoms with Gasteiger partial charge in [0.15, 0.2) is 11.6 Å². The van der Waals surface area contributed by atoms with E-state index in [0.717, 1.165) is 63.5 Å². The summed E-state index contributed by atoms with van der Waals surface area (Å²) in [7, 11) is 0. The summed E-state index contributed by atoms with van der Waals surface area (Å²) < 4.78 is 31.6. The topological polar surface area (TPSA) is 117 Å². The fourth-order valence-electron chi connectivity index (χ4n) is 4.93. The lowest BCUT2D eigenvalue weighted by atomic mass is 9.62. The number of amides is 1. The Labute approximate surface area is 183 Å². The molecule has 0 saturated heterocycles. The summed E-state index contributed by atoms with van der Waals surface area (Å²) >= 11 is 0. The third kappa shape index (κ3) is 5.23. The number of anilines is 2. The summed E-state index contributed by atoms with van der Waals surface area (Å²) in [6.07, 6.45) is 7.98. The van der Waals surface area contributed by atoms with E-state index in [9.17, 15) is 18.4 Å². The van der Waals surface area contributed by atoms with Crippen LogP contribution in [0.1, 0.15) is 68.5 Å². The summed E-state index contributed by atoms with van der Waals surface area (Å²) in [6, 6.07) is 3.15. The van der Waals surface area contributed by atoms with E-state index in [4.69, 9.17) is 9.52 Å². The van der Waals surface area contributed by atoms with Gasteiger partial charge >= 0.3 is 23.8 Å². The highest BCUT2D eigenvalue weighted by atomic mass is 19.2. The monoisotopic (exact) mass is 448 g/mol. The van der Waals surface area contributed by atoms with Gasteiger partial charge in [-0.15, -0.1) is 5.10 Å². The molecule has 0 bridgehead atoms. The molecule has 4 rings (SSSR count). The molecule has 0 atom stereocenters. The van der Waals surface area contributed by atoms with Crippen LogP contribution < -0.4 is 10.6 Å². The van der Waals surface area contributed by atoms with Gasteiger partial charge in [0.05, 0.1) is 0 Å². The van der Waals surface area contributed by atoms with Gasteiger partial charge in [0.2, 0.25) is 0 Å². The molecule has 10 heteroatoms. The number of carboxylic acids is 1. The molecule has 1 heterocycles. The van der Waals surface area contributed by atoms with Gasteiger partial charge in [0, 0.05) is 24.2 Å². The molecule has 3 N–H and O–H groups in total. The van der Waals surface area contributed by atoms with E-state index in [-0.39, 0.29) is 41.4 Å². The molecule has 2 saturated carbocycles. The highest BCUT2D eigenvalue weighted by molar-refractivity contribution is 5.89. The second-order valence-corrected chi connectivity index (χ2v) is 8.96. The van der Waals surface area contributed by atoms with Crippen molar-refractivity contribution in [3.05, 3.63) is 35.7 Å². The van der Waals surface area contributed by atoms with Crippen LogP contribution in [0.4, 0.5) is 20.5 Å². The molecule has 2 aromatic rings. The van der Waals surface area contributed by atoms with Crippen LogP contribution in [0.15, 0.2) is 22.6 Å². The lowest BCUT2D eigenvalue weighted by Gasteiger charge is -2.44. The number of halogens is 2. The van der Waals surface area contributed by atoms with E-state index >= 15 is 0 Å². The average Bonchev–Trinajstić information content (AvgIpc) is 3.23. The zero-order valence-electron chi connectivity index (χ0n) is 17.6. The van der Waals surface area contributed by atoms with Gasteiger partial charge in [-0.2, -0.15) is 0 Å². The Hall–Kier alpha value is -3.04. The van der Waals surface area contributed by atoms with Crippen molar-refractivity contribution >= 4 is 23.6 Å². The molecular weight excluding hydrogens is 422 g/mol. The molecule has 2 aliphatic carbocycles. The van der Waals surface area contributed by atoms with Crippen LogP contribution >= 0.6 is 0 Å². The van der Waals surface area contributed by atoms with Crippen LogP contribution in [0, 0.1) is 23.0 Å². The van der Waals surface area contributed by atoms with Crippen LogP contribution in [0.2, 0.25) is 0 Å². The van der Waals surface area contributed by atoms with Crippen molar-refractivity contribution in [1.82, 2.24) is 15.5 Å². The Morgan fingerprint density at radius 2 is 1.75 bits per heavy atom. The highest BCUT2D eigenvalue weighted by Crippen LogP contribution is 2.49. The number of nitrogens with one attached hydrogen (secondary N) is 2. The number of aliphatic carboxylic acids is 1. The molecule has 0 aliphatic heterocycles. The molecule has 0 radical (unpaired) electrons. The van der Waals surface area contributed by atoms with Crippen molar-refractivity contribution in [2.75, 3.05) is 5.32 Å². The molecule has 1 aromatic heterocycles. The van der Waals surface area contributed by atoms with Crippen molar-refractivity contribution in [3.63, 3.8) is 0 Å². The van der Waals surface area contributed by atoms with Crippen LogP contribution in [-0.4, -0.2) is 33.2 Å². The first-order chi connectivity index (χ1) is 15.3. The normalized spacial score (nSPS) is 25.4. The number of aromatic nitrogens is 2. The lowest BCUT2D eigenvalue weighted by molar-refractivity contribution is -0.138. The van der Waals surface area contributed by atoms with Crippen LogP contribution in [0.25, 0.3) is 0 Å². The third-order valence-electron chi connectivity index (χ3n) is 6.80. The minimum atomic E-state index is -1.02. The Kier molecular flexibility index (Phi) is 6.38. The standard InChI is InChI=1S/C22H26F2N4O4/c23-16-2-1-15(12-17(16)24)26-21-28-27-20(32-21)19(31)25-14-5-9-22(10-6-14)7-3-13(4-8-22)11-18(29)30/h1-2,12-14H,3-11H2,(H,25,31)(H,26,28)(H,29,30). The van der Waals surface area contributed by atoms with Gasteiger partial charge < -0.3 is 20.2 Å². The second-order valence-electron chi connectivity index (χ2n) is 8.96. The molecule has 32 heavy (non-hydrogen) atoms. The molecule has 172 valence electrons. The van der Waals surface area contributed by atoms with E-state index in [2.05, 4.69) is 20.8 Å². The van der Waals surface area contributed by atoms with E-state index in [1.165, 1.54) is 6.07 Å². The van der Waals surface area contributed by atoms with E-state index < -0.39 is 23.5 Å². The molecule has 2 fully saturated rings. The van der Waals surface area contributed by atoms with Gasteiger partial charge in [-0.3, -0.25) is 9.59 Å². The number of carbonyl (C=O) groups excluding carboxylic acids is 1. The number of hydrogen-bond donors (Lipinski definition) is 3. The summed E-state index contributed by atoms with van der Waals surface area (Å²) in [5.41, 5.74) is 0.484. The molecule has 0 unspecified atom stereocenters. The smallest absolute Gasteiger partial charge is 0.320 e. The maximum absolute atomic E-state index is 13.3. The average molecular weight is 448 g/mol. The van der Waals surface area contributed by atoms with Gasteiger partial charge in [-0.25, -0.2) is 8.78 Å². The zero-order valence-corrected chi connectivity index (χ0v) is 17.6. The Bertz CT molecular complexity index is 978. The third-order valence-corrected chi connectivity index (χ3v) is 6.80. The number of rotatable bonds is 6. The maximum Gasteiger partial charge on any atom is 0.320 e. The van der Waals surface area contributed by atoms with Crippen molar-refractivity contribution in [2.45, 2.75) is 63.8 Å². The van der Waals surface area contributed by atoms with Crippen molar-refractivity contribution in [1.29, 1.82) is 0 Å². The van der Waals surface area contributed by atoms with E-state index in [1.807, 2.05) is 0 Å². The van der Waals surface area contributed by atoms with Crippen LogP contribution in [0.3, 0.4) is 0 Å². The van der Waals surface area contributed by atoms with Gasteiger partial charge in [-0.05, 0) is 74.8 Å². The predicted octanol–water partition coefficient (Wildman–Crippen LogP) is 4.42. The molecule has 8 nitrogen and oxygen atoms in total. The van der Waals surface area contributed by atoms with Gasteiger partial charge in [0.25, 0.3) is 0 Å². The first-order valence-corrected chi connectivity index (χ1v) is 10.9. The number of nitrogens with zero attached hydrogens (tertiary/aromatic N) is 2. The summed E-state index contributed by atoms with van der Waals surface area (Å²) in [5, 5.41) is 22.0. The van der Waals surface area contributed by atoms with Gasteiger partial charge in [0.1, 0.15) is 0 Å². The predicted molar refractivity (Wildman–Crippen MR) is 110 cm³/mol. The first kappa shape index (κ1) is 22.2. The summed E-state index contributed by atoms with van der Waals surface area (Å²) in [6.45, 7) is 0. The fourth-order valence-corrected chi connectivity index (χ4v) is 4.93. The molecular formula is C22H26F2N4O4. The first-order valence-electron chi connectivity index (χ1n) is 10.9. The molecule has 1 amide bonds. The number of hydrogen-bond acceptors (Lipinski definition) is 6. The van der Waals surface area contributed by atoms with E-state index in [0.29, 0.717) is 0 Å². The number of benzene rings is 1. The van der Waals surface area contributed by atoms with Crippen molar-refractivity contribution < 1.29 is 27.9 Å². The number of carboxylic acid groups (broad SMARTS) is 1. The summed E-state index contributed by atoms with van der Waals surface area (Å²) in [5.74, 6) is -3.10. The molecule has 1 spiro atoms. The van der Waals surface area contributed by atoms with Crippen molar-refractivity contribution in [3.8, 4) is 0 Å². The largest absolute Gasteiger partial charge is 0.481 e. The highest BCUT2D eigenvalue weighted by Gasteiger charge is 2.39. The maximum atomic E-state index is 13.3. The second kappa shape index (κ2) is 9.22. The summed E-state index contributed by atoms with van der Waals surface area (Å²) in [4.78, 5) is 23.4. The SMILES string of the molecule is O=C(O)CC1CCC2(CC1)CCC(NC(=O)c1nnc(Nc3ccc(F)c(F)c3)o1)CC2. The zero-order chi connectivity index (χ0) is 22.7. The van der Waals surface area contributed by atoms with Crippen LogP contribution in [-0.2, 0) is 4.79 Å². The minimum Gasteiger partial charge on any atom is -0.481 e. The van der Waals surface area contributed by atoms with Crippen molar-refractivity contribution in [2.24, 2.45) is 11.3 Å². The Morgan fingerprint density at radius 1 is 1.06 bits per heavy atom. The van der Waals surface area contributed by atoms with Crippen LogP contribution in [0.5, 0.6) is 0 Å². The molecule has 1 aromatic carbocycles. The van der Waals surface area contributed by atoms with Gasteiger partial charge in [-0.1, -0.05) is 5.10 Å². The Balaban J connectivity index is 1.26. The molecule has 2 aliphatic rings. The Morgan fingerprint density at radius 3 is 2.41 bits per heavy atom. The number of carbonyl (C=O) groups is 2. The lowest BCUT2D eigenvalue weighted by Crippen LogP contribution is -2.42. The quantitative estimate of drug-likeness (QED) is 0.599.